The molecular weight excluding hydrogens is 304 g/mol. The van der Waals surface area contributed by atoms with E-state index in [1.54, 1.807) is 0 Å². The van der Waals surface area contributed by atoms with Crippen LogP contribution < -0.4 is 5.11 Å². The standard InChI is InChI=1S/C16H23ClN2O3/c1-19(6-4-3-5-7-19)8-9-22-16(20)12-10-13(17)14(18)11-15(12)21-2/h10-11H,3-9H2,1-2H3,(H-,18,20). The molecule has 2 aliphatic rings. The van der Waals surface area contributed by atoms with Gasteiger partial charge in [0.25, 0.3) is 0 Å². The summed E-state index contributed by atoms with van der Waals surface area (Å²) >= 11 is 5.91. The molecule has 0 saturated carbocycles. The van der Waals surface area contributed by atoms with Crippen LogP contribution in [-0.2, 0) is 9.47 Å². The Morgan fingerprint density at radius 1 is 1.32 bits per heavy atom. The van der Waals surface area contributed by atoms with E-state index in [0.29, 0.717) is 12.4 Å². The number of hydrogen-bond donors (Lipinski definition) is 1. The van der Waals surface area contributed by atoms with Gasteiger partial charge in [-0.2, -0.15) is 0 Å². The average Bonchev–Trinajstić information content (AvgIpc) is 2.50. The van der Waals surface area contributed by atoms with Gasteiger partial charge in [0.15, 0.2) is 0 Å². The lowest BCUT2D eigenvalue weighted by Gasteiger charge is -2.38. The molecule has 1 saturated heterocycles. The second kappa shape index (κ2) is 7.20. The summed E-state index contributed by atoms with van der Waals surface area (Å²) in [6.07, 6.45) is 6.63. The van der Waals surface area contributed by atoms with Crippen LogP contribution in [0.5, 0.6) is 0 Å². The molecule has 1 N–H and O–H groups in total. The highest BCUT2D eigenvalue weighted by Crippen LogP contribution is 2.25. The first-order chi connectivity index (χ1) is 10.4. The summed E-state index contributed by atoms with van der Waals surface area (Å²) < 4.78 is 11.5. The Morgan fingerprint density at radius 2 is 2.00 bits per heavy atom. The summed E-state index contributed by atoms with van der Waals surface area (Å²) in [7, 11) is 3.67. The van der Waals surface area contributed by atoms with Gasteiger partial charge in [0, 0.05) is 18.3 Å². The van der Waals surface area contributed by atoms with Crippen molar-refractivity contribution in [3.8, 4) is 0 Å². The van der Waals surface area contributed by atoms with Gasteiger partial charge in [0.1, 0.15) is 5.76 Å². The maximum Gasteiger partial charge on any atom is 0.130 e. The molecule has 6 heteroatoms. The third-order valence-electron chi connectivity index (χ3n) is 4.27. The Morgan fingerprint density at radius 3 is 2.64 bits per heavy atom. The summed E-state index contributed by atoms with van der Waals surface area (Å²) in [5.41, 5.74) is 0.395. The Bertz CT molecular complexity index is 532. The van der Waals surface area contributed by atoms with Crippen LogP contribution in [0.25, 0.3) is 0 Å². The lowest BCUT2D eigenvalue weighted by Crippen LogP contribution is -2.49. The molecule has 22 heavy (non-hydrogen) atoms. The second-order valence-electron chi connectivity index (χ2n) is 6.02. The highest BCUT2D eigenvalue weighted by molar-refractivity contribution is 6.45. The minimum atomic E-state index is -0.456. The maximum absolute atomic E-state index is 12.2. The molecule has 0 aromatic rings. The number of nitrogens with zero attached hydrogens (tertiary/aromatic N) is 1. The third kappa shape index (κ3) is 4.05. The summed E-state index contributed by atoms with van der Waals surface area (Å²) in [5, 5.41) is 20.0. The second-order valence-corrected chi connectivity index (χ2v) is 6.43. The molecule has 0 amide bonds. The minimum Gasteiger partial charge on any atom is -0.607 e. The maximum atomic E-state index is 12.2. The predicted molar refractivity (Wildman–Crippen MR) is 84.4 cm³/mol. The van der Waals surface area contributed by atoms with Crippen molar-refractivity contribution in [1.29, 1.82) is 5.41 Å². The molecule has 0 spiro atoms. The van der Waals surface area contributed by atoms with Crippen LogP contribution >= 0.6 is 11.6 Å². The van der Waals surface area contributed by atoms with Gasteiger partial charge in [-0.05, 0) is 25.3 Å². The van der Waals surface area contributed by atoms with E-state index in [0.717, 1.165) is 24.1 Å². The Kier molecular flexibility index (Phi) is 5.53. The SMILES string of the molecule is COC1=CC(=N)C(Cl)=C/C1=C(\[O-])OCC[N+]1(C)CCCCC1. The molecule has 0 atom stereocenters. The molecule has 1 fully saturated rings. The van der Waals surface area contributed by atoms with E-state index in [9.17, 15) is 5.11 Å². The summed E-state index contributed by atoms with van der Waals surface area (Å²) in [6.45, 7) is 3.47. The number of allylic oxidation sites excluding steroid dienone is 3. The van der Waals surface area contributed by atoms with Crippen molar-refractivity contribution in [3.05, 3.63) is 34.5 Å². The van der Waals surface area contributed by atoms with Gasteiger partial charge in [0.05, 0.1) is 50.5 Å². The first-order valence-electron chi connectivity index (χ1n) is 7.55. The van der Waals surface area contributed by atoms with Crippen LogP contribution in [0.4, 0.5) is 0 Å². The van der Waals surface area contributed by atoms with Gasteiger partial charge < -0.3 is 19.1 Å². The van der Waals surface area contributed by atoms with Gasteiger partial charge in [-0.3, -0.25) is 5.41 Å². The number of hydrogen-bond acceptors (Lipinski definition) is 4. The van der Waals surface area contributed by atoms with E-state index in [-0.39, 0.29) is 16.3 Å². The molecule has 5 nitrogen and oxygen atoms in total. The minimum absolute atomic E-state index is 0.126. The number of halogens is 1. The van der Waals surface area contributed by atoms with Gasteiger partial charge in [-0.25, -0.2) is 0 Å². The quantitative estimate of drug-likeness (QED) is 0.620. The summed E-state index contributed by atoms with van der Waals surface area (Å²) in [4.78, 5) is 0. The number of ether oxygens (including phenoxy) is 2. The Hall–Kier alpha value is -1.46. The predicted octanol–water partition coefficient (Wildman–Crippen LogP) is 1.89. The van der Waals surface area contributed by atoms with Crippen molar-refractivity contribution < 1.29 is 19.1 Å². The monoisotopic (exact) mass is 326 g/mol. The van der Waals surface area contributed by atoms with E-state index in [1.807, 2.05) is 0 Å². The molecule has 0 unspecified atom stereocenters. The van der Waals surface area contributed by atoms with Crippen LogP contribution in [-0.4, -0.2) is 50.6 Å². The van der Waals surface area contributed by atoms with Crippen LogP contribution in [0.1, 0.15) is 19.3 Å². The van der Waals surface area contributed by atoms with Gasteiger partial charge in [0.2, 0.25) is 0 Å². The lowest BCUT2D eigenvalue weighted by atomic mass is 10.1. The van der Waals surface area contributed by atoms with E-state index >= 15 is 0 Å². The molecule has 0 aromatic carbocycles. The zero-order valence-corrected chi connectivity index (χ0v) is 13.9. The topological polar surface area (TPSA) is 65.4 Å². The van der Waals surface area contributed by atoms with Gasteiger partial charge in [-0.15, -0.1) is 0 Å². The number of likely N-dealkylation sites (N-methyl/N-ethyl adjacent to an activating group) is 1. The van der Waals surface area contributed by atoms with Crippen LogP contribution in [0.2, 0.25) is 0 Å². The largest absolute Gasteiger partial charge is 0.607 e. The van der Waals surface area contributed by atoms with Crippen molar-refractivity contribution in [2.75, 3.05) is 40.4 Å². The zero-order chi connectivity index (χ0) is 16.2. The zero-order valence-electron chi connectivity index (χ0n) is 13.2. The van der Waals surface area contributed by atoms with E-state index in [1.165, 1.54) is 38.5 Å². The number of methoxy groups -OCH3 is 1. The third-order valence-corrected chi connectivity index (χ3v) is 4.58. The molecule has 122 valence electrons. The molecule has 2 rings (SSSR count). The van der Waals surface area contributed by atoms with Crippen LogP contribution in [0.15, 0.2) is 34.5 Å². The number of nitrogens with one attached hydrogen (secondary N) is 1. The first-order valence-corrected chi connectivity index (χ1v) is 7.93. The van der Waals surface area contributed by atoms with E-state index in [4.69, 9.17) is 26.5 Å². The molecule has 1 aliphatic carbocycles. The summed E-state index contributed by atoms with van der Waals surface area (Å²) in [6, 6.07) is 0. The van der Waals surface area contributed by atoms with Crippen molar-refractivity contribution >= 4 is 17.3 Å². The molecule has 0 aromatic heterocycles. The highest BCUT2D eigenvalue weighted by atomic mass is 35.5. The smallest absolute Gasteiger partial charge is 0.130 e. The van der Waals surface area contributed by atoms with Gasteiger partial charge >= 0.3 is 0 Å². The normalized spacial score (nSPS) is 23.5. The number of piperidine rings is 1. The van der Waals surface area contributed by atoms with Gasteiger partial charge in [-0.1, -0.05) is 11.6 Å². The van der Waals surface area contributed by atoms with Crippen molar-refractivity contribution in [2.24, 2.45) is 0 Å². The molecule has 0 bridgehead atoms. The number of rotatable bonds is 5. The van der Waals surface area contributed by atoms with Crippen LogP contribution in [0, 0.1) is 5.41 Å². The Balaban J connectivity index is 1.99. The van der Waals surface area contributed by atoms with E-state index in [2.05, 4.69) is 7.05 Å². The number of likely N-dealkylation sites (tertiary alicyclic amines) is 1. The molecule has 1 heterocycles. The molecular formula is C16H23ClN2O3. The average molecular weight is 327 g/mol. The highest BCUT2D eigenvalue weighted by Gasteiger charge is 2.23. The Labute approximate surface area is 136 Å². The summed E-state index contributed by atoms with van der Waals surface area (Å²) in [5.74, 6) is -0.139. The lowest BCUT2D eigenvalue weighted by molar-refractivity contribution is -0.914. The van der Waals surface area contributed by atoms with E-state index < -0.39 is 5.95 Å². The molecule has 1 aliphatic heterocycles. The van der Waals surface area contributed by atoms with Crippen molar-refractivity contribution in [1.82, 2.24) is 0 Å². The fourth-order valence-corrected chi connectivity index (χ4v) is 2.98. The first kappa shape index (κ1) is 16.9. The molecule has 0 radical (unpaired) electrons. The fraction of sp³-hybridized carbons (Fsp3) is 0.562. The van der Waals surface area contributed by atoms with Crippen molar-refractivity contribution in [3.63, 3.8) is 0 Å². The van der Waals surface area contributed by atoms with Crippen molar-refractivity contribution in [2.45, 2.75) is 19.3 Å². The number of quaternary nitrogens is 1. The fourth-order valence-electron chi connectivity index (χ4n) is 2.82. The van der Waals surface area contributed by atoms with Crippen LogP contribution in [0.3, 0.4) is 0 Å².